The summed E-state index contributed by atoms with van der Waals surface area (Å²) in [5.41, 5.74) is 7.56. The number of carbonyl (C=O) groups excluding carboxylic acids is 1. The fourth-order valence-corrected chi connectivity index (χ4v) is 3.25. The fraction of sp³-hybridized carbons (Fsp3) is 0.0800. The number of aromatic nitrogens is 2. The Morgan fingerprint density at radius 2 is 1.47 bits per heavy atom. The maximum absolute atomic E-state index is 12.3. The van der Waals surface area contributed by atoms with Gasteiger partial charge in [0.25, 0.3) is 0 Å². The summed E-state index contributed by atoms with van der Waals surface area (Å²) in [7, 11) is 0. The number of benzene rings is 3. The molecule has 30 heavy (non-hydrogen) atoms. The van der Waals surface area contributed by atoms with Gasteiger partial charge in [0.1, 0.15) is 0 Å². The molecule has 1 N–H and O–H groups in total. The van der Waals surface area contributed by atoms with Gasteiger partial charge in [-0.25, -0.2) is 10.4 Å². The first-order valence-corrected chi connectivity index (χ1v) is 9.84. The highest BCUT2D eigenvalue weighted by atomic mass is 16.2. The minimum Gasteiger partial charge on any atom is -0.330 e. The van der Waals surface area contributed by atoms with Crippen molar-refractivity contribution in [1.82, 2.24) is 15.0 Å². The zero-order valence-electron chi connectivity index (χ0n) is 16.5. The van der Waals surface area contributed by atoms with E-state index in [1.54, 1.807) is 12.5 Å². The van der Waals surface area contributed by atoms with Gasteiger partial charge in [-0.3, -0.25) is 4.79 Å². The first-order valence-electron chi connectivity index (χ1n) is 9.84. The summed E-state index contributed by atoms with van der Waals surface area (Å²) < 4.78 is 2.03. The number of hydrogen-bond donors (Lipinski definition) is 1. The highest BCUT2D eigenvalue weighted by Gasteiger charge is 2.15. The number of carbonyl (C=O) groups is 1. The van der Waals surface area contributed by atoms with Crippen LogP contribution in [0.2, 0.25) is 0 Å². The lowest BCUT2D eigenvalue weighted by Crippen LogP contribution is -2.19. The summed E-state index contributed by atoms with van der Waals surface area (Å²) in [5, 5.41) is 4.04. The molecule has 0 aliphatic carbocycles. The number of hydrogen-bond acceptors (Lipinski definition) is 3. The largest absolute Gasteiger partial charge is 0.330 e. The number of rotatable bonds is 7. The summed E-state index contributed by atoms with van der Waals surface area (Å²) in [6, 6.07) is 29.9. The van der Waals surface area contributed by atoms with Gasteiger partial charge < -0.3 is 4.57 Å². The maximum Gasteiger partial charge on any atom is 0.241 e. The molecule has 0 fully saturated rings. The van der Waals surface area contributed by atoms with Crippen molar-refractivity contribution in [2.24, 2.45) is 5.10 Å². The lowest BCUT2D eigenvalue weighted by Gasteiger charge is -2.10. The molecule has 1 heterocycles. The second kappa shape index (κ2) is 9.47. The van der Waals surface area contributed by atoms with Crippen LogP contribution in [0.15, 0.2) is 102 Å². The van der Waals surface area contributed by atoms with Crippen molar-refractivity contribution in [2.45, 2.75) is 13.0 Å². The van der Waals surface area contributed by atoms with Gasteiger partial charge in [-0.05, 0) is 5.56 Å². The van der Waals surface area contributed by atoms with E-state index >= 15 is 0 Å². The standard InChI is InChI=1S/C25H22N4O/c30-23(28-27-18-20-10-4-1-5-11-20)16-17-29-19-26-24(21-12-6-2-7-13-21)25(29)22-14-8-3-9-15-22/h1-15,18-19H,16-17H2,(H,28,30)/b27-18-. The molecule has 0 bridgehead atoms. The molecule has 1 aromatic heterocycles. The van der Waals surface area contributed by atoms with Crippen LogP contribution in [-0.4, -0.2) is 21.7 Å². The van der Waals surface area contributed by atoms with Gasteiger partial charge in [0, 0.05) is 24.1 Å². The van der Waals surface area contributed by atoms with E-state index in [4.69, 9.17) is 0 Å². The number of nitrogens with zero attached hydrogens (tertiary/aromatic N) is 3. The van der Waals surface area contributed by atoms with Crippen LogP contribution < -0.4 is 5.43 Å². The van der Waals surface area contributed by atoms with Crippen LogP contribution in [0.1, 0.15) is 12.0 Å². The molecule has 3 aromatic carbocycles. The molecule has 0 aliphatic heterocycles. The van der Waals surface area contributed by atoms with E-state index in [0.29, 0.717) is 13.0 Å². The van der Waals surface area contributed by atoms with Crippen molar-refractivity contribution < 1.29 is 4.79 Å². The van der Waals surface area contributed by atoms with Gasteiger partial charge >= 0.3 is 0 Å². The van der Waals surface area contributed by atoms with E-state index in [-0.39, 0.29) is 5.91 Å². The van der Waals surface area contributed by atoms with Crippen molar-refractivity contribution in [3.8, 4) is 22.5 Å². The van der Waals surface area contributed by atoms with E-state index in [2.05, 4.69) is 27.6 Å². The quantitative estimate of drug-likeness (QED) is 0.363. The summed E-state index contributed by atoms with van der Waals surface area (Å²) in [6.45, 7) is 0.511. The zero-order chi connectivity index (χ0) is 20.6. The molecule has 0 saturated carbocycles. The van der Waals surface area contributed by atoms with Crippen LogP contribution in [0.4, 0.5) is 0 Å². The second-order valence-corrected chi connectivity index (χ2v) is 6.82. The molecule has 0 unspecified atom stereocenters. The van der Waals surface area contributed by atoms with Gasteiger partial charge in [-0.2, -0.15) is 5.10 Å². The molecule has 0 atom stereocenters. The number of nitrogens with one attached hydrogen (secondary N) is 1. The molecular weight excluding hydrogens is 372 g/mol. The molecule has 0 saturated heterocycles. The fourth-order valence-electron chi connectivity index (χ4n) is 3.25. The summed E-state index contributed by atoms with van der Waals surface area (Å²) in [5.74, 6) is -0.142. The summed E-state index contributed by atoms with van der Waals surface area (Å²) >= 11 is 0. The van der Waals surface area contributed by atoms with Crippen molar-refractivity contribution in [3.05, 3.63) is 103 Å². The Kier molecular flexibility index (Phi) is 6.11. The number of amides is 1. The molecule has 4 rings (SSSR count). The second-order valence-electron chi connectivity index (χ2n) is 6.82. The topological polar surface area (TPSA) is 59.3 Å². The van der Waals surface area contributed by atoms with Crippen LogP contribution in [0.3, 0.4) is 0 Å². The van der Waals surface area contributed by atoms with Crippen LogP contribution in [0, 0.1) is 0 Å². The molecular formula is C25H22N4O. The number of hydrazone groups is 1. The smallest absolute Gasteiger partial charge is 0.241 e. The Morgan fingerprint density at radius 3 is 2.13 bits per heavy atom. The Labute approximate surface area is 175 Å². The highest BCUT2D eigenvalue weighted by Crippen LogP contribution is 2.31. The van der Waals surface area contributed by atoms with E-state index in [1.165, 1.54) is 0 Å². The van der Waals surface area contributed by atoms with Crippen molar-refractivity contribution in [2.75, 3.05) is 0 Å². The third-order valence-corrected chi connectivity index (χ3v) is 4.71. The van der Waals surface area contributed by atoms with Crippen LogP contribution >= 0.6 is 0 Å². The molecule has 5 heteroatoms. The first-order chi connectivity index (χ1) is 14.8. The average Bonchev–Trinajstić information content (AvgIpc) is 3.23. The van der Waals surface area contributed by atoms with E-state index in [1.807, 2.05) is 83.4 Å². The minimum atomic E-state index is -0.142. The van der Waals surface area contributed by atoms with Gasteiger partial charge in [0.15, 0.2) is 0 Å². The summed E-state index contributed by atoms with van der Waals surface area (Å²) in [6.07, 6.45) is 3.74. The van der Waals surface area contributed by atoms with E-state index in [0.717, 1.165) is 28.1 Å². The number of aryl methyl sites for hydroxylation is 1. The Hall–Kier alpha value is -3.99. The predicted octanol–water partition coefficient (Wildman–Crippen LogP) is 4.76. The van der Waals surface area contributed by atoms with Crippen molar-refractivity contribution in [1.29, 1.82) is 0 Å². The van der Waals surface area contributed by atoms with Gasteiger partial charge in [-0.15, -0.1) is 0 Å². The third-order valence-electron chi connectivity index (χ3n) is 4.71. The highest BCUT2D eigenvalue weighted by molar-refractivity contribution is 5.82. The van der Waals surface area contributed by atoms with Crippen LogP contribution in [0.25, 0.3) is 22.5 Å². The molecule has 0 spiro atoms. The normalized spacial score (nSPS) is 10.9. The molecule has 5 nitrogen and oxygen atoms in total. The predicted molar refractivity (Wildman–Crippen MR) is 120 cm³/mol. The molecule has 0 aliphatic rings. The van der Waals surface area contributed by atoms with Crippen LogP contribution in [0.5, 0.6) is 0 Å². The maximum atomic E-state index is 12.3. The van der Waals surface area contributed by atoms with Crippen LogP contribution in [-0.2, 0) is 11.3 Å². The Morgan fingerprint density at radius 1 is 0.867 bits per heavy atom. The Balaban J connectivity index is 1.49. The number of imidazole rings is 1. The molecule has 148 valence electrons. The van der Waals surface area contributed by atoms with E-state index < -0.39 is 0 Å². The Bertz CT molecular complexity index is 1120. The first kappa shape index (κ1) is 19.3. The van der Waals surface area contributed by atoms with Crippen molar-refractivity contribution >= 4 is 12.1 Å². The monoisotopic (exact) mass is 394 g/mol. The van der Waals surface area contributed by atoms with Gasteiger partial charge in [-0.1, -0.05) is 91.0 Å². The molecule has 0 radical (unpaired) electrons. The summed E-state index contributed by atoms with van der Waals surface area (Å²) in [4.78, 5) is 16.9. The van der Waals surface area contributed by atoms with Gasteiger partial charge in [0.05, 0.1) is 23.9 Å². The third kappa shape index (κ3) is 4.70. The molecule has 1 amide bonds. The minimum absolute atomic E-state index is 0.142. The molecule has 4 aromatic rings. The SMILES string of the molecule is O=C(CCn1cnc(-c2ccccc2)c1-c1ccccc1)N/N=C\c1ccccc1. The van der Waals surface area contributed by atoms with Crippen molar-refractivity contribution in [3.63, 3.8) is 0 Å². The zero-order valence-corrected chi connectivity index (χ0v) is 16.5. The van der Waals surface area contributed by atoms with E-state index in [9.17, 15) is 4.79 Å². The lowest BCUT2D eigenvalue weighted by molar-refractivity contribution is -0.121. The average molecular weight is 394 g/mol. The van der Waals surface area contributed by atoms with Gasteiger partial charge in [0.2, 0.25) is 5.91 Å². The lowest BCUT2D eigenvalue weighted by atomic mass is 10.0.